The fourth-order valence-electron chi connectivity index (χ4n) is 3.03. The second-order valence-electron chi connectivity index (χ2n) is 5.67. The summed E-state index contributed by atoms with van der Waals surface area (Å²) in [7, 11) is 0. The van der Waals surface area contributed by atoms with Crippen LogP contribution in [0.5, 0.6) is 0 Å². The van der Waals surface area contributed by atoms with Gasteiger partial charge in [0.05, 0.1) is 17.8 Å². The lowest BCUT2D eigenvalue weighted by Gasteiger charge is -2.27. The van der Waals surface area contributed by atoms with Crippen LogP contribution in [0, 0.1) is 12.8 Å². The van der Waals surface area contributed by atoms with E-state index in [4.69, 9.17) is 5.73 Å². The molecule has 0 spiro atoms. The molecule has 5 heteroatoms. The zero-order valence-corrected chi connectivity index (χ0v) is 12.3. The van der Waals surface area contributed by atoms with E-state index in [1.165, 1.54) is 0 Å². The smallest absolute Gasteiger partial charge is 0.220 e. The molecule has 2 N–H and O–H groups in total. The van der Waals surface area contributed by atoms with Crippen molar-refractivity contribution in [1.29, 1.82) is 0 Å². The van der Waals surface area contributed by atoms with E-state index in [1.54, 1.807) is 6.20 Å². The van der Waals surface area contributed by atoms with Crippen molar-refractivity contribution < 1.29 is 9.59 Å². The first kappa shape index (κ1) is 14.8. The molecule has 1 aromatic heterocycles. The van der Waals surface area contributed by atoms with E-state index in [2.05, 4.69) is 5.10 Å². The summed E-state index contributed by atoms with van der Waals surface area (Å²) in [6, 6.07) is 0.286. The van der Waals surface area contributed by atoms with E-state index < -0.39 is 0 Å². The minimum Gasteiger partial charge on any atom is -0.369 e. The molecule has 0 saturated heterocycles. The largest absolute Gasteiger partial charge is 0.369 e. The number of rotatable bonds is 5. The van der Waals surface area contributed by atoms with Gasteiger partial charge in [-0.25, -0.2) is 0 Å². The Morgan fingerprint density at radius 3 is 2.55 bits per heavy atom. The van der Waals surface area contributed by atoms with Gasteiger partial charge in [-0.1, -0.05) is 6.92 Å². The van der Waals surface area contributed by atoms with E-state index in [1.807, 2.05) is 18.5 Å². The summed E-state index contributed by atoms with van der Waals surface area (Å²) < 4.78 is 1.96. The average Bonchev–Trinajstić information content (AvgIpc) is 2.81. The van der Waals surface area contributed by atoms with E-state index in [9.17, 15) is 9.59 Å². The van der Waals surface area contributed by atoms with Crippen LogP contribution in [0.25, 0.3) is 0 Å². The molecule has 0 unspecified atom stereocenters. The molecule has 1 aliphatic carbocycles. The summed E-state index contributed by atoms with van der Waals surface area (Å²) in [5, 5.41) is 4.39. The molecule has 20 heavy (non-hydrogen) atoms. The van der Waals surface area contributed by atoms with Crippen LogP contribution in [0.1, 0.15) is 67.5 Å². The van der Waals surface area contributed by atoms with Crippen LogP contribution >= 0.6 is 0 Å². The first-order valence-corrected chi connectivity index (χ1v) is 7.41. The van der Waals surface area contributed by atoms with Crippen LogP contribution in [0.2, 0.25) is 0 Å². The molecule has 0 aliphatic heterocycles. The van der Waals surface area contributed by atoms with Crippen LogP contribution < -0.4 is 5.73 Å². The predicted octanol–water partition coefficient (Wildman–Crippen LogP) is 2.39. The van der Waals surface area contributed by atoms with Crippen molar-refractivity contribution in [2.45, 2.75) is 58.4 Å². The maximum Gasteiger partial charge on any atom is 0.220 e. The monoisotopic (exact) mass is 277 g/mol. The molecular weight excluding hydrogens is 254 g/mol. The summed E-state index contributed by atoms with van der Waals surface area (Å²) in [6.07, 6.45) is 6.55. The van der Waals surface area contributed by atoms with Crippen molar-refractivity contribution in [3.63, 3.8) is 0 Å². The van der Waals surface area contributed by atoms with Crippen LogP contribution in [-0.4, -0.2) is 21.5 Å². The number of hydrogen-bond donors (Lipinski definition) is 1. The molecule has 5 nitrogen and oxygen atoms in total. The van der Waals surface area contributed by atoms with Gasteiger partial charge in [0, 0.05) is 18.0 Å². The molecular formula is C15H23N3O2. The van der Waals surface area contributed by atoms with Crippen LogP contribution in [0.15, 0.2) is 6.20 Å². The number of amides is 1. The maximum atomic E-state index is 12.0. The molecule has 1 fully saturated rings. The van der Waals surface area contributed by atoms with Gasteiger partial charge in [-0.05, 0) is 39.0 Å². The Hall–Kier alpha value is -1.65. The van der Waals surface area contributed by atoms with Gasteiger partial charge in [0.1, 0.15) is 0 Å². The molecule has 2 rings (SSSR count). The number of carbonyl (C=O) groups is 2. The molecule has 1 amide bonds. The lowest BCUT2D eigenvalue weighted by atomic mass is 9.85. The Labute approximate surface area is 119 Å². The van der Waals surface area contributed by atoms with Gasteiger partial charge >= 0.3 is 0 Å². The number of Topliss-reactive ketones (excluding diaryl/α,β-unsaturated/α-hetero) is 1. The van der Waals surface area contributed by atoms with Gasteiger partial charge in [-0.2, -0.15) is 5.10 Å². The Balaban J connectivity index is 2.08. The number of nitrogens with zero attached hydrogens (tertiary/aromatic N) is 2. The van der Waals surface area contributed by atoms with Crippen molar-refractivity contribution in [2.24, 2.45) is 11.7 Å². The molecule has 1 saturated carbocycles. The molecule has 0 radical (unpaired) electrons. The van der Waals surface area contributed by atoms with Gasteiger partial charge in [-0.15, -0.1) is 0 Å². The number of aromatic nitrogens is 2. The summed E-state index contributed by atoms with van der Waals surface area (Å²) in [4.78, 5) is 23.2. The van der Waals surface area contributed by atoms with Crippen LogP contribution in [0.4, 0.5) is 0 Å². The molecule has 0 atom stereocenters. The Bertz CT molecular complexity index is 499. The average molecular weight is 277 g/mol. The number of hydrogen-bond acceptors (Lipinski definition) is 3. The third kappa shape index (κ3) is 2.92. The van der Waals surface area contributed by atoms with Gasteiger partial charge in [0.25, 0.3) is 0 Å². The first-order valence-electron chi connectivity index (χ1n) is 7.41. The summed E-state index contributed by atoms with van der Waals surface area (Å²) in [5.41, 5.74) is 7.04. The molecule has 0 aromatic carbocycles. The normalized spacial score (nSPS) is 22.7. The highest BCUT2D eigenvalue weighted by Gasteiger charge is 2.27. The third-order valence-corrected chi connectivity index (χ3v) is 4.27. The quantitative estimate of drug-likeness (QED) is 0.839. The van der Waals surface area contributed by atoms with Crippen molar-refractivity contribution in [2.75, 3.05) is 0 Å². The SMILES string of the molecule is CCCC(=O)c1cnn(C2CCC(C(N)=O)CC2)c1C. The maximum absolute atomic E-state index is 12.0. The second-order valence-corrected chi connectivity index (χ2v) is 5.67. The second kappa shape index (κ2) is 6.20. The zero-order chi connectivity index (χ0) is 14.7. The molecule has 1 aliphatic rings. The van der Waals surface area contributed by atoms with E-state index in [0.717, 1.165) is 43.4 Å². The van der Waals surface area contributed by atoms with Gasteiger partial charge in [0.2, 0.25) is 5.91 Å². The highest BCUT2D eigenvalue weighted by Crippen LogP contribution is 2.32. The van der Waals surface area contributed by atoms with Crippen LogP contribution in [0.3, 0.4) is 0 Å². The minimum atomic E-state index is -0.195. The van der Waals surface area contributed by atoms with E-state index in [-0.39, 0.29) is 23.7 Å². The van der Waals surface area contributed by atoms with Gasteiger partial charge in [-0.3, -0.25) is 14.3 Å². The predicted molar refractivity (Wildman–Crippen MR) is 76.4 cm³/mol. The highest BCUT2D eigenvalue weighted by molar-refractivity contribution is 5.96. The zero-order valence-electron chi connectivity index (χ0n) is 12.3. The minimum absolute atomic E-state index is 0.00307. The van der Waals surface area contributed by atoms with Gasteiger partial charge < -0.3 is 5.73 Å². The first-order chi connectivity index (χ1) is 9.54. The van der Waals surface area contributed by atoms with E-state index >= 15 is 0 Å². The van der Waals surface area contributed by atoms with Crippen molar-refractivity contribution >= 4 is 11.7 Å². The lowest BCUT2D eigenvalue weighted by molar-refractivity contribution is -0.122. The topological polar surface area (TPSA) is 78.0 Å². The summed E-state index contributed by atoms with van der Waals surface area (Å²) in [5.74, 6) is -0.0233. The number of carbonyl (C=O) groups excluding carboxylic acids is 2. The Morgan fingerprint density at radius 1 is 1.35 bits per heavy atom. The Morgan fingerprint density at radius 2 is 2.00 bits per heavy atom. The van der Waals surface area contributed by atoms with Gasteiger partial charge in [0.15, 0.2) is 5.78 Å². The van der Waals surface area contributed by atoms with Crippen molar-refractivity contribution in [3.05, 3.63) is 17.5 Å². The molecule has 1 aromatic rings. The molecule has 1 heterocycles. The molecule has 110 valence electrons. The van der Waals surface area contributed by atoms with Crippen LogP contribution in [-0.2, 0) is 4.79 Å². The molecule has 0 bridgehead atoms. The van der Waals surface area contributed by atoms with Crippen molar-refractivity contribution in [3.8, 4) is 0 Å². The Kier molecular flexibility index (Phi) is 4.57. The number of ketones is 1. The third-order valence-electron chi connectivity index (χ3n) is 4.27. The van der Waals surface area contributed by atoms with E-state index in [0.29, 0.717) is 6.42 Å². The summed E-state index contributed by atoms with van der Waals surface area (Å²) >= 11 is 0. The highest BCUT2D eigenvalue weighted by atomic mass is 16.1. The lowest BCUT2D eigenvalue weighted by Crippen LogP contribution is -2.29. The standard InChI is InChI=1S/C15H23N3O2/c1-3-4-14(19)13-9-17-18(10(13)2)12-7-5-11(6-8-12)15(16)20/h9,11-12H,3-8H2,1-2H3,(H2,16,20). The fraction of sp³-hybridized carbons (Fsp3) is 0.667. The summed E-state index contributed by atoms with van der Waals surface area (Å²) in [6.45, 7) is 3.96. The fourth-order valence-corrected chi connectivity index (χ4v) is 3.03. The number of nitrogens with two attached hydrogens (primary N) is 1. The van der Waals surface area contributed by atoms with Crippen molar-refractivity contribution in [1.82, 2.24) is 9.78 Å². The number of primary amides is 1.